The molecule has 0 saturated carbocycles. The molecule has 0 bridgehead atoms. The van der Waals surface area contributed by atoms with Crippen LogP contribution in [0.5, 0.6) is 0 Å². The van der Waals surface area contributed by atoms with Gasteiger partial charge in [0.05, 0.1) is 6.26 Å². The van der Waals surface area contributed by atoms with E-state index in [4.69, 9.17) is 4.42 Å². The molecule has 2 atom stereocenters. The van der Waals surface area contributed by atoms with Gasteiger partial charge in [-0.2, -0.15) is 0 Å². The fourth-order valence-electron chi connectivity index (χ4n) is 3.01. The Bertz CT molecular complexity index is 683. The summed E-state index contributed by atoms with van der Waals surface area (Å²) in [7, 11) is 0. The first-order chi connectivity index (χ1) is 13.1. The minimum Gasteiger partial charge on any atom is -0.459 e. The van der Waals surface area contributed by atoms with Crippen molar-refractivity contribution in [3.63, 3.8) is 0 Å². The first-order valence-electron chi connectivity index (χ1n) is 9.80. The second-order valence-corrected chi connectivity index (χ2v) is 6.85. The lowest BCUT2D eigenvalue weighted by Crippen LogP contribution is -2.48. The van der Waals surface area contributed by atoms with Gasteiger partial charge in [0.25, 0.3) is 5.91 Å². The lowest BCUT2D eigenvalue weighted by atomic mass is 9.99. The van der Waals surface area contributed by atoms with Crippen LogP contribution in [0.3, 0.4) is 0 Å². The molecule has 2 aromatic rings. The molecule has 2 amide bonds. The number of hydrogen-bond acceptors (Lipinski definition) is 3. The molecule has 2 rings (SSSR count). The molecule has 0 saturated heterocycles. The fraction of sp³-hybridized carbons (Fsp3) is 0.455. The zero-order valence-corrected chi connectivity index (χ0v) is 16.2. The van der Waals surface area contributed by atoms with Gasteiger partial charge in [0.1, 0.15) is 6.04 Å². The zero-order valence-electron chi connectivity index (χ0n) is 16.2. The molecular weight excluding hydrogens is 340 g/mol. The molecule has 1 aromatic carbocycles. The summed E-state index contributed by atoms with van der Waals surface area (Å²) in [4.78, 5) is 25.2. The van der Waals surface area contributed by atoms with Crippen molar-refractivity contribution in [2.45, 2.75) is 52.0 Å². The number of amides is 2. The Morgan fingerprint density at radius 1 is 1.07 bits per heavy atom. The molecule has 2 unspecified atom stereocenters. The monoisotopic (exact) mass is 370 g/mol. The third-order valence-electron chi connectivity index (χ3n) is 4.76. The van der Waals surface area contributed by atoms with Gasteiger partial charge < -0.3 is 15.1 Å². The summed E-state index contributed by atoms with van der Waals surface area (Å²) in [5.74, 6) is 0.130. The summed E-state index contributed by atoms with van der Waals surface area (Å²) >= 11 is 0. The standard InChI is InChI=1S/C22H30N2O3/c1-3-5-10-17(4-2)16-23-21(25)19(15-18-11-7-6-8-12-18)24-22(26)20-13-9-14-27-20/h6-9,11-14,17,19H,3-5,10,15-16H2,1-2H3,(H,23,25)(H,24,26). The average molecular weight is 370 g/mol. The number of unbranched alkanes of at least 4 members (excludes halogenated alkanes) is 1. The molecule has 146 valence electrons. The molecule has 0 aliphatic rings. The largest absolute Gasteiger partial charge is 0.459 e. The number of hydrogen-bond donors (Lipinski definition) is 2. The number of benzene rings is 1. The molecule has 1 heterocycles. The third kappa shape index (κ3) is 6.93. The van der Waals surface area contributed by atoms with E-state index in [-0.39, 0.29) is 17.6 Å². The van der Waals surface area contributed by atoms with Gasteiger partial charge in [-0.1, -0.05) is 63.4 Å². The number of carbonyl (C=O) groups is 2. The van der Waals surface area contributed by atoms with E-state index in [2.05, 4.69) is 24.5 Å². The molecule has 5 heteroatoms. The number of furan rings is 1. The van der Waals surface area contributed by atoms with Crippen molar-refractivity contribution >= 4 is 11.8 Å². The van der Waals surface area contributed by atoms with Gasteiger partial charge in [-0.25, -0.2) is 0 Å². The Morgan fingerprint density at radius 3 is 2.48 bits per heavy atom. The van der Waals surface area contributed by atoms with Crippen LogP contribution in [0.15, 0.2) is 53.1 Å². The second-order valence-electron chi connectivity index (χ2n) is 6.85. The van der Waals surface area contributed by atoms with E-state index >= 15 is 0 Å². The van der Waals surface area contributed by atoms with Crippen LogP contribution >= 0.6 is 0 Å². The van der Waals surface area contributed by atoms with E-state index in [0.717, 1.165) is 31.2 Å². The SMILES string of the molecule is CCCCC(CC)CNC(=O)C(Cc1ccccc1)NC(=O)c1ccco1. The Hall–Kier alpha value is -2.56. The Morgan fingerprint density at radius 2 is 1.85 bits per heavy atom. The molecule has 0 spiro atoms. The van der Waals surface area contributed by atoms with Crippen molar-refractivity contribution in [1.29, 1.82) is 0 Å². The third-order valence-corrected chi connectivity index (χ3v) is 4.76. The predicted octanol–water partition coefficient (Wildman–Crippen LogP) is 3.95. The Labute approximate surface area is 161 Å². The minimum atomic E-state index is -0.645. The lowest BCUT2D eigenvalue weighted by Gasteiger charge is -2.21. The van der Waals surface area contributed by atoms with Gasteiger partial charge in [-0.05, 0) is 30.0 Å². The Balaban J connectivity index is 2.01. The van der Waals surface area contributed by atoms with Crippen molar-refractivity contribution in [2.24, 2.45) is 5.92 Å². The van der Waals surface area contributed by atoms with Crippen LogP contribution in [0.2, 0.25) is 0 Å². The number of carbonyl (C=O) groups excluding carboxylic acids is 2. The van der Waals surface area contributed by atoms with Gasteiger partial charge in [-0.3, -0.25) is 9.59 Å². The second kappa shape index (κ2) is 11.2. The van der Waals surface area contributed by atoms with E-state index in [1.807, 2.05) is 30.3 Å². The van der Waals surface area contributed by atoms with Crippen LogP contribution in [-0.4, -0.2) is 24.4 Å². The van der Waals surface area contributed by atoms with Gasteiger partial charge in [0.2, 0.25) is 5.91 Å². The summed E-state index contributed by atoms with van der Waals surface area (Å²) in [6.45, 7) is 4.95. The van der Waals surface area contributed by atoms with E-state index in [1.54, 1.807) is 12.1 Å². The molecule has 2 N–H and O–H groups in total. The van der Waals surface area contributed by atoms with Crippen LogP contribution in [0.1, 0.15) is 55.6 Å². The normalized spacial score (nSPS) is 13.0. The highest BCUT2D eigenvalue weighted by molar-refractivity contribution is 5.95. The molecule has 1 aromatic heterocycles. The van der Waals surface area contributed by atoms with Crippen LogP contribution < -0.4 is 10.6 Å². The highest BCUT2D eigenvalue weighted by Crippen LogP contribution is 2.12. The molecule has 0 aliphatic heterocycles. The van der Waals surface area contributed by atoms with E-state index in [0.29, 0.717) is 18.9 Å². The van der Waals surface area contributed by atoms with Gasteiger partial charge in [0.15, 0.2) is 5.76 Å². The zero-order chi connectivity index (χ0) is 19.5. The van der Waals surface area contributed by atoms with E-state index in [1.165, 1.54) is 6.26 Å². The van der Waals surface area contributed by atoms with Crippen molar-refractivity contribution in [3.8, 4) is 0 Å². The first kappa shape index (κ1) is 20.7. The molecule has 27 heavy (non-hydrogen) atoms. The van der Waals surface area contributed by atoms with Crippen molar-refractivity contribution in [3.05, 3.63) is 60.1 Å². The summed E-state index contributed by atoms with van der Waals surface area (Å²) in [5, 5.41) is 5.84. The fourth-order valence-corrected chi connectivity index (χ4v) is 3.01. The highest BCUT2D eigenvalue weighted by Gasteiger charge is 2.23. The molecule has 0 aliphatic carbocycles. The minimum absolute atomic E-state index is 0.159. The predicted molar refractivity (Wildman–Crippen MR) is 106 cm³/mol. The van der Waals surface area contributed by atoms with Crippen LogP contribution in [0.25, 0.3) is 0 Å². The van der Waals surface area contributed by atoms with Crippen molar-refractivity contribution < 1.29 is 14.0 Å². The average Bonchev–Trinajstić information content (AvgIpc) is 3.23. The van der Waals surface area contributed by atoms with E-state index in [9.17, 15) is 9.59 Å². The summed E-state index contributed by atoms with van der Waals surface area (Å²) in [6, 6.07) is 12.3. The maximum atomic E-state index is 12.8. The van der Waals surface area contributed by atoms with Crippen molar-refractivity contribution in [2.75, 3.05) is 6.54 Å². The molecule has 0 radical (unpaired) electrons. The highest BCUT2D eigenvalue weighted by atomic mass is 16.3. The lowest BCUT2D eigenvalue weighted by molar-refractivity contribution is -0.123. The quantitative estimate of drug-likeness (QED) is 0.629. The number of rotatable bonds is 11. The molecule has 0 fully saturated rings. The number of nitrogens with one attached hydrogen (secondary N) is 2. The van der Waals surface area contributed by atoms with Gasteiger partial charge in [0, 0.05) is 13.0 Å². The Kier molecular flexibility index (Phi) is 8.62. The summed E-state index contributed by atoms with van der Waals surface area (Å²) < 4.78 is 5.14. The molecule has 5 nitrogen and oxygen atoms in total. The summed E-state index contributed by atoms with van der Waals surface area (Å²) in [5.41, 5.74) is 0.996. The van der Waals surface area contributed by atoms with Crippen LogP contribution in [0, 0.1) is 5.92 Å². The van der Waals surface area contributed by atoms with E-state index < -0.39 is 6.04 Å². The van der Waals surface area contributed by atoms with Gasteiger partial charge in [-0.15, -0.1) is 0 Å². The van der Waals surface area contributed by atoms with Crippen LogP contribution in [0.4, 0.5) is 0 Å². The van der Waals surface area contributed by atoms with Crippen LogP contribution in [-0.2, 0) is 11.2 Å². The maximum Gasteiger partial charge on any atom is 0.287 e. The summed E-state index contributed by atoms with van der Waals surface area (Å²) in [6.07, 6.45) is 6.33. The van der Waals surface area contributed by atoms with Crippen molar-refractivity contribution in [1.82, 2.24) is 10.6 Å². The first-order valence-corrected chi connectivity index (χ1v) is 9.80. The molecular formula is C22H30N2O3. The smallest absolute Gasteiger partial charge is 0.287 e. The maximum absolute atomic E-state index is 12.8. The van der Waals surface area contributed by atoms with Gasteiger partial charge >= 0.3 is 0 Å². The topological polar surface area (TPSA) is 71.3 Å².